The van der Waals surface area contributed by atoms with E-state index in [1.54, 1.807) is 44.6 Å². The lowest BCUT2D eigenvalue weighted by molar-refractivity contribution is 0.354. The van der Waals surface area contributed by atoms with Gasteiger partial charge in [0, 0.05) is 17.8 Å². The Balaban J connectivity index is 1.26. The number of hydrogen-bond acceptors (Lipinski definition) is 6. The predicted molar refractivity (Wildman–Crippen MR) is 166 cm³/mol. The Morgan fingerprint density at radius 3 is 2.29 bits per heavy atom. The highest BCUT2D eigenvalue weighted by Crippen LogP contribution is 2.33. The zero-order chi connectivity index (χ0) is 29.5. The molecule has 0 N–H and O–H groups in total. The monoisotopic (exact) mass is 584 g/mol. The van der Waals surface area contributed by atoms with Gasteiger partial charge in [-0.05, 0) is 84.5 Å². The first kappa shape index (κ1) is 29.2. The molecule has 0 aliphatic heterocycles. The molecular formula is C34H36N2O5S. The van der Waals surface area contributed by atoms with Crippen LogP contribution in [0.25, 0.3) is 22.0 Å². The molecule has 0 fully saturated rings. The van der Waals surface area contributed by atoms with E-state index in [1.165, 1.54) is 5.56 Å². The van der Waals surface area contributed by atoms with Crippen LogP contribution in [-0.2, 0) is 29.5 Å². The normalized spacial score (nSPS) is 11.5. The van der Waals surface area contributed by atoms with Crippen molar-refractivity contribution in [2.75, 3.05) is 14.2 Å². The van der Waals surface area contributed by atoms with Gasteiger partial charge in [-0.3, -0.25) is 4.68 Å². The van der Waals surface area contributed by atoms with Gasteiger partial charge in [0.1, 0.15) is 4.90 Å². The minimum absolute atomic E-state index is 0.115. The van der Waals surface area contributed by atoms with Crippen LogP contribution >= 0.6 is 0 Å². The average molecular weight is 585 g/mol. The van der Waals surface area contributed by atoms with Gasteiger partial charge in [-0.25, -0.2) is 0 Å². The number of hydrogen-bond donors (Lipinski definition) is 0. The maximum atomic E-state index is 13.3. The molecule has 5 rings (SSSR count). The Morgan fingerprint density at radius 1 is 0.738 bits per heavy atom. The van der Waals surface area contributed by atoms with Gasteiger partial charge in [-0.15, -0.1) is 0 Å². The van der Waals surface area contributed by atoms with E-state index in [0.29, 0.717) is 11.3 Å². The van der Waals surface area contributed by atoms with E-state index in [1.807, 2.05) is 59.3 Å². The molecule has 1 aromatic heterocycles. The highest BCUT2D eigenvalue weighted by Gasteiger charge is 2.21. The largest absolute Gasteiger partial charge is 0.493 e. The third-order valence-corrected chi connectivity index (χ3v) is 8.61. The molecule has 0 saturated carbocycles. The summed E-state index contributed by atoms with van der Waals surface area (Å²) in [5.41, 5.74) is 3.65. The van der Waals surface area contributed by atoms with Crippen LogP contribution in [0.2, 0.25) is 0 Å². The molecule has 0 aliphatic rings. The predicted octanol–water partition coefficient (Wildman–Crippen LogP) is 7.46. The van der Waals surface area contributed by atoms with Crippen molar-refractivity contribution in [3.8, 4) is 28.5 Å². The number of aryl methyl sites for hydroxylation is 3. The zero-order valence-corrected chi connectivity index (χ0v) is 25.1. The molecule has 0 amide bonds. The molecule has 0 unspecified atom stereocenters. The fraction of sp³-hybridized carbons (Fsp3) is 0.265. The van der Waals surface area contributed by atoms with Crippen LogP contribution in [0, 0.1) is 0 Å². The number of para-hydroxylation sites is 1. The fourth-order valence-electron chi connectivity index (χ4n) is 5.11. The number of rotatable bonds is 13. The number of benzene rings is 4. The maximum absolute atomic E-state index is 13.3. The molecule has 8 heteroatoms. The number of aromatic nitrogens is 2. The van der Waals surface area contributed by atoms with Crippen LogP contribution in [0.3, 0.4) is 0 Å². The summed E-state index contributed by atoms with van der Waals surface area (Å²) in [6.07, 6.45) is 4.86. The van der Waals surface area contributed by atoms with Crippen molar-refractivity contribution in [1.82, 2.24) is 9.78 Å². The lowest BCUT2D eigenvalue weighted by atomic mass is 10.1. The van der Waals surface area contributed by atoms with Gasteiger partial charge in [0.05, 0.1) is 19.9 Å². The molecule has 5 aromatic rings. The zero-order valence-electron chi connectivity index (χ0n) is 24.2. The minimum atomic E-state index is -4.05. The van der Waals surface area contributed by atoms with Crippen LogP contribution < -0.4 is 13.7 Å². The van der Waals surface area contributed by atoms with E-state index in [4.69, 9.17) is 18.8 Å². The van der Waals surface area contributed by atoms with Crippen LogP contribution in [-0.4, -0.2) is 32.4 Å². The van der Waals surface area contributed by atoms with Crippen LogP contribution in [0.4, 0.5) is 0 Å². The van der Waals surface area contributed by atoms with Gasteiger partial charge in [0.15, 0.2) is 17.2 Å². The van der Waals surface area contributed by atoms with Crippen molar-refractivity contribution in [1.29, 1.82) is 0 Å². The Morgan fingerprint density at radius 2 is 1.50 bits per heavy atom. The summed E-state index contributed by atoms with van der Waals surface area (Å²) in [6, 6.07) is 27.9. The van der Waals surface area contributed by atoms with Crippen molar-refractivity contribution < 1.29 is 22.1 Å². The molecule has 4 aromatic carbocycles. The Bertz CT molecular complexity index is 1780. The van der Waals surface area contributed by atoms with Gasteiger partial charge < -0.3 is 13.7 Å². The van der Waals surface area contributed by atoms with Gasteiger partial charge in [-0.2, -0.15) is 13.5 Å². The van der Waals surface area contributed by atoms with Crippen molar-refractivity contribution in [3.05, 3.63) is 102 Å². The summed E-state index contributed by atoms with van der Waals surface area (Å²) in [7, 11) is -0.752. The molecular weight excluding hydrogens is 548 g/mol. The van der Waals surface area contributed by atoms with Crippen molar-refractivity contribution in [2.45, 2.75) is 50.5 Å². The number of ether oxygens (including phenoxy) is 2. The molecule has 218 valence electrons. The molecule has 7 nitrogen and oxygen atoms in total. The molecule has 0 saturated heterocycles. The Labute approximate surface area is 247 Å². The Kier molecular flexibility index (Phi) is 9.12. The van der Waals surface area contributed by atoms with Crippen LogP contribution in [0.5, 0.6) is 17.2 Å². The summed E-state index contributed by atoms with van der Waals surface area (Å²) < 4.78 is 45.0. The summed E-state index contributed by atoms with van der Waals surface area (Å²) >= 11 is 0. The summed E-state index contributed by atoms with van der Waals surface area (Å²) in [5, 5.41) is 6.67. The van der Waals surface area contributed by atoms with Crippen molar-refractivity contribution >= 4 is 20.9 Å². The standard InChI is InChI=1S/C34H36N2O5S/c1-4-28-24-31(35-36(28)21-11-5-6-12-25-17-20-33(39-2)34(22-25)40-3)30-15-9-10-16-32(30)41-42(37,38)29-19-18-26-13-7-8-14-27(26)23-29/h7-10,13-20,22-24H,4-6,11-12,21H2,1-3H3. The summed E-state index contributed by atoms with van der Waals surface area (Å²) in [6.45, 7) is 2.88. The van der Waals surface area contributed by atoms with Gasteiger partial charge in [0.2, 0.25) is 0 Å². The van der Waals surface area contributed by atoms with Crippen LogP contribution in [0.15, 0.2) is 95.9 Å². The van der Waals surface area contributed by atoms with E-state index in [-0.39, 0.29) is 10.6 Å². The third-order valence-electron chi connectivity index (χ3n) is 7.38. The first-order valence-corrected chi connectivity index (χ1v) is 15.6. The molecule has 0 aliphatic carbocycles. The second-order valence-corrected chi connectivity index (χ2v) is 11.7. The number of unbranched alkanes of at least 4 members (excludes halogenated alkanes) is 2. The first-order valence-electron chi connectivity index (χ1n) is 14.2. The van der Waals surface area contributed by atoms with E-state index < -0.39 is 10.1 Å². The molecule has 0 atom stereocenters. The summed E-state index contributed by atoms with van der Waals surface area (Å²) in [4.78, 5) is 0.115. The number of fused-ring (bicyclic) bond motifs is 1. The third kappa shape index (κ3) is 6.60. The number of nitrogens with zero attached hydrogens (tertiary/aromatic N) is 2. The SMILES string of the molecule is CCc1cc(-c2ccccc2OS(=O)(=O)c2ccc3ccccc3c2)nn1CCCCCc1ccc(OC)c(OC)c1. The topological polar surface area (TPSA) is 79.7 Å². The van der Waals surface area contributed by atoms with E-state index in [9.17, 15) is 8.42 Å². The molecule has 0 radical (unpaired) electrons. The Hall–Kier alpha value is -4.30. The van der Waals surface area contributed by atoms with E-state index in [0.717, 1.165) is 66.6 Å². The minimum Gasteiger partial charge on any atom is -0.493 e. The van der Waals surface area contributed by atoms with E-state index in [2.05, 4.69) is 13.0 Å². The quantitative estimate of drug-likeness (QED) is 0.106. The van der Waals surface area contributed by atoms with Gasteiger partial charge >= 0.3 is 10.1 Å². The van der Waals surface area contributed by atoms with Crippen molar-refractivity contribution in [3.63, 3.8) is 0 Å². The van der Waals surface area contributed by atoms with Gasteiger partial charge in [0.25, 0.3) is 0 Å². The summed E-state index contributed by atoms with van der Waals surface area (Å²) in [5.74, 6) is 1.75. The lowest BCUT2D eigenvalue weighted by Crippen LogP contribution is -2.10. The smallest absolute Gasteiger partial charge is 0.339 e. The first-order chi connectivity index (χ1) is 20.4. The second-order valence-electron chi connectivity index (χ2n) is 10.1. The van der Waals surface area contributed by atoms with Crippen LogP contribution in [0.1, 0.15) is 37.4 Å². The lowest BCUT2D eigenvalue weighted by Gasteiger charge is -2.11. The fourth-order valence-corrected chi connectivity index (χ4v) is 6.09. The maximum Gasteiger partial charge on any atom is 0.339 e. The van der Waals surface area contributed by atoms with E-state index >= 15 is 0 Å². The molecule has 42 heavy (non-hydrogen) atoms. The number of methoxy groups -OCH3 is 2. The van der Waals surface area contributed by atoms with Gasteiger partial charge in [-0.1, -0.05) is 61.9 Å². The molecule has 0 spiro atoms. The highest BCUT2D eigenvalue weighted by atomic mass is 32.2. The average Bonchev–Trinajstić information content (AvgIpc) is 3.43. The molecule has 1 heterocycles. The molecule has 0 bridgehead atoms. The second kappa shape index (κ2) is 13.1. The highest BCUT2D eigenvalue weighted by molar-refractivity contribution is 7.87. The van der Waals surface area contributed by atoms with Crippen molar-refractivity contribution in [2.24, 2.45) is 0 Å².